The first kappa shape index (κ1) is 12.2. The average molecular weight is 235 g/mol. The van der Waals surface area contributed by atoms with Gasteiger partial charge in [0.25, 0.3) is 0 Å². The van der Waals surface area contributed by atoms with Gasteiger partial charge in [-0.1, -0.05) is 6.07 Å². The molecular weight excluding hydrogens is 214 g/mol. The molecule has 0 amide bonds. The maximum absolute atomic E-state index is 9.00. The number of hydrogen-bond acceptors (Lipinski definition) is 4. The van der Waals surface area contributed by atoms with Crippen LogP contribution in [0.2, 0.25) is 0 Å². The molecule has 2 rings (SSSR count). The van der Waals surface area contributed by atoms with Gasteiger partial charge in [0.15, 0.2) is 0 Å². The summed E-state index contributed by atoms with van der Waals surface area (Å²) >= 11 is 0. The molecule has 1 saturated carbocycles. The Hall–Kier alpha value is -1.29. The Labute approximate surface area is 102 Å². The third-order valence-electron chi connectivity index (χ3n) is 3.35. The van der Waals surface area contributed by atoms with Crippen molar-refractivity contribution in [3.63, 3.8) is 0 Å². The maximum Gasteiger partial charge on any atom is 0.128 e. The van der Waals surface area contributed by atoms with Crippen molar-refractivity contribution in [3.8, 4) is 0 Å². The summed E-state index contributed by atoms with van der Waals surface area (Å²) in [4.78, 5) is 4.47. The van der Waals surface area contributed by atoms with Crippen LogP contribution >= 0.6 is 0 Å². The summed E-state index contributed by atoms with van der Waals surface area (Å²) in [5, 5.41) is 15.6. The lowest BCUT2D eigenvalue weighted by Crippen LogP contribution is -2.17. The Balaban J connectivity index is 1.88. The predicted molar refractivity (Wildman–Crippen MR) is 70.3 cm³/mol. The average Bonchev–Trinajstić information content (AvgIpc) is 3.09. The van der Waals surface area contributed by atoms with E-state index < -0.39 is 0 Å². The van der Waals surface area contributed by atoms with Crippen LogP contribution in [0.1, 0.15) is 26.2 Å². The lowest BCUT2D eigenvalue weighted by atomic mass is 10.0. The summed E-state index contributed by atoms with van der Waals surface area (Å²) in [5.74, 6) is 1.82. The first-order valence-electron chi connectivity index (χ1n) is 6.34. The fraction of sp³-hybridized carbons (Fsp3) is 0.615. The van der Waals surface area contributed by atoms with E-state index in [9.17, 15) is 0 Å². The first-order chi connectivity index (χ1) is 8.28. The zero-order valence-electron chi connectivity index (χ0n) is 10.4. The normalized spacial score (nSPS) is 16.6. The van der Waals surface area contributed by atoms with Crippen molar-refractivity contribution < 1.29 is 5.11 Å². The molecule has 1 aliphatic rings. The lowest BCUT2D eigenvalue weighted by molar-refractivity contribution is 0.253. The Morgan fingerprint density at radius 3 is 2.59 bits per heavy atom. The Kier molecular flexibility index (Phi) is 3.84. The molecule has 4 nitrogen and oxygen atoms in total. The highest BCUT2D eigenvalue weighted by Crippen LogP contribution is 2.48. The van der Waals surface area contributed by atoms with E-state index in [4.69, 9.17) is 5.11 Å². The van der Waals surface area contributed by atoms with Crippen LogP contribution in [-0.4, -0.2) is 29.8 Å². The van der Waals surface area contributed by atoms with Crippen molar-refractivity contribution in [1.82, 2.24) is 4.98 Å². The number of pyridine rings is 1. The molecule has 17 heavy (non-hydrogen) atoms. The summed E-state index contributed by atoms with van der Waals surface area (Å²) in [6.07, 6.45) is 3.33. The van der Waals surface area contributed by atoms with Crippen LogP contribution in [0.25, 0.3) is 0 Å². The van der Waals surface area contributed by atoms with Crippen molar-refractivity contribution in [3.05, 3.63) is 18.2 Å². The van der Waals surface area contributed by atoms with Crippen molar-refractivity contribution in [2.75, 3.05) is 30.3 Å². The van der Waals surface area contributed by atoms with E-state index in [0.717, 1.165) is 31.1 Å². The van der Waals surface area contributed by atoms with Gasteiger partial charge in [-0.25, -0.2) is 4.98 Å². The minimum absolute atomic E-state index is 0.284. The van der Waals surface area contributed by atoms with E-state index in [1.54, 1.807) is 0 Å². The molecule has 0 radical (unpaired) electrons. The second-order valence-electron chi connectivity index (χ2n) is 4.77. The number of nitrogens with zero attached hydrogens (tertiary/aromatic N) is 1. The number of anilines is 2. The molecule has 0 aliphatic heterocycles. The van der Waals surface area contributed by atoms with E-state index in [1.165, 1.54) is 12.8 Å². The molecule has 1 aromatic heterocycles. The van der Waals surface area contributed by atoms with Crippen LogP contribution in [-0.2, 0) is 0 Å². The number of aliphatic hydroxyl groups is 1. The topological polar surface area (TPSA) is 57.2 Å². The molecule has 94 valence electrons. The van der Waals surface area contributed by atoms with Crippen LogP contribution in [0, 0.1) is 5.41 Å². The van der Waals surface area contributed by atoms with Crippen molar-refractivity contribution in [2.24, 2.45) is 5.41 Å². The molecule has 4 heteroatoms. The number of aromatic nitrogens is 1. The highest BCUT2D eigenvalue weighted by Gasteiger charge is 2.41. The minimum atomic E-state index is 0.284. The standard InChI is InChI=1S/C13H21N3O/c1-2-14-11-4-3-5-12(16-11)15-10-13(6-7-13)8-9-17/h3-5,17H,2,6-10H2,1H3,(H2,14,15,16). The Morgan fingerprint density at radius 2 is 2.00 bits per heavy atom. The van der Waals surface area contributed by atoms with Crippen LogP contribution < -0.4 is 10.6 Å². The largest absolute Gasteiger partial charge is 0.396 e. The molecule has 3 N–H and O–H groups in total. The SMILES string of the molecule is CCNc1cccc(NCC2(CCO)CC2)n1. The van der Waals surface area contributed by atoms with Crippen molar-refractivity contribution in [2.45, 2.75) is 26.2 Å². The van der Waals surface area contributed by atoms with Gasteiger partial charge >= 0.3 is 0 Å². The van der Waals surface area contributed by atoms with Gasteiger partial charge in [-0.05, 0) is 43.7 Å². The van der Waals surface area contributed by atoms with Gasteiger partial charge in [-0.2, -0.15) is 0 Å². The minimum Gasteiger partial charge on any atom is -0.396 e. The fourth-order valence-electron chi connectivity index (χ4n) is 2.02. The van der Waals surface area contributed by atoms with Crippen LogP contribution in [0.4, 0.5) is 11.6 Å². The number of hydrogen-bond donors (Lipinski definition) is 3. The molecular formula is C13H21N3O. The zero-order chi connectivity index (χ0) is 12.1. The summed E-state index contributed by atoms with van der Waals surface area (Å²) < 4.78 is 0. The van der Waals surface area contributed by atoms with Crippen LogP contribution in [0.15, 0.2) is 18.2 Å². The molecule has 1 heterocycles. The quantitative estimate of drug-likeness (QED) is 0.677. The predicted octanol–water partition coefficient (Wildman–Crippen LogP) is 2.09. The molecule has 0 aromatic carbocycles. The number of nitrogens with one attached hydrogen (secondary N) is 2. The molecule has 0 bridgehead atoms. The van der Waals surface area contributed by atoms with E-state index in [-0.39, 0.29) is 6.61 Å². The molecule has 1 aromatic rings. The van der Waals surface area contributed by atoms with Gasteiger partial charge in [0.1, 0.15) is 11.6 Å². The van der Waals surface area contributed by atoms with Gasteiger partial charge in [0.05, 0.1) is 0 Å². The molecule has 0 saturated heterocycles. The van der Waals surface area contributed by atoms with Gasteiger partial charge in [-0.3, -0.25) is 0 Å². The summed E-state index contributed by atoms with van der Waals surface area (Å²) in [6.45, 7) is 4.13. The molecule has 0 atom stereocenters. The van der Waals surface area contributed by atoms with Crippen molar-refractivity contribution in [1.29, 1.82) is 0 Å². The van der Waals surface area contributed by atoms with E-state index >= 15 is 0 Å². The summed E-state index contributed by atoms with van der Waals surface area (Å²) in [7, 11) is 0. The fourth-order valence-corrected chi connectivity index (χ4v) is 2.02. The zero-order valence-corrected chi connectivity index (χ0v) is 10.4. The molecule has 1 fully saturated rings. The van der Waals surface area contributed by atoms with Crippen molar-refractivity contribution >= 4 is 11.6 Å². The maximum atomic E-state index is 9.00. The number of aliphatic hydroxyl groups excluding tert-OH is 1. The number of rotatable bonds is 7. The van der Waals surface area contributed by atoms with Gasteiger partial charge < -0.3 is 15.7 Å². The molecule has 0 spiro atoms. The second-order valence-corrected chi connectivity index (χ2v) is 4.77. The third-order valence-corrected chi connectivity index (χ3v) is 3.35. The van der Waals surface area contributed by atoms with E-state index in [1.807, 2.05) is 18.2 Å². The summed E-state index contributed by atoms with van der Waals surface area (Å²) in [5.41, 5.74) is 0.324. The van der Waals surface area contributed by atoms with Gasteiger partial charge in [-0.15, -0.1) is 0 Å². The van der Waals surface area contributed by atoms with Crippen LogP contribution in [0.3, 0.4) is 0 Å². The van der Waals surface area contributed by atoms with E-state index in [0.29, 0.717) is 5.41 Å². The van der Waals surface area contributed by atoms with Crippen LogP contribution in [0.5, 0.6) is 0 Å². The highest BCUT2D eigenvalue weighted by molar-refractivity contribution is 5.45. The third kappa shape index (κ3) is 3.33. The Bertz CT molecular complexity index is 363. The Morgan fingerprint density at radius 1 is 1.29 bits per heavy atom. The van der Waals surface area contributed by atoms with Gasteiger partial charge in [0, 0.05) is 19.7 Å². The smallest absolute Gasteiger partial charge is 0.128 e. The van der Waals surface area contributed by atoms with E-state index in [2.05, 4.69) is 22.5 Å². The lowest BCUT2D eigenvalue weighted by Gasteiger charge is -2.15. The molecule has 0 unspecified atom stereocenters. The highest BCUT2D eigenvalue weighted by atomic mass is 16.3. The van der Waals surface area contributed by atoms with Gasteiger partial charge in [0.2, 0.25) is 0 Å². The summed E-state index contributed by atoms with van der Waals surface area (Å²) in [6, 6.07) is 5.95. The second kappa shape index (κ2) is 5.36. The first-order valence-corrected chi connectivity index (χ1v) is 6.34. The molecule has 1 aliphatic carbocycles. The monoisotopic (exact) mass is 235 g/mol.